The number of carboxylic acid groups (broad SMARTS) is 1. The highest BCUT2D eigenvalue weighted by Crippen LogP contribution is 2.49. The number of nitrogens with zero attached hydrogens (tertiary/aromatic N) is 1. The lowest BCUT2D eigenvalue weighted by molar-refractivity contribution is -0.144. The lowest BCUT2D eigenvalue weighted by Gasteiger charge is -2.28. The molecule has 0 saturated heterocycles. The van der Waals surface area contributed by atoms with Crippen LogP contribution in [0.1, 0.15) is 24.3 Å². The third-order valence-corrected chi connectivity index (χ3v) is 7.19. The van der Waals surface area contributed by atoms with Crippen molar-refractivity contribution in [1.29, 1.82) is 0 Å². The Kier molecular flexibility index (Phi) is 3.34. The number of carbonyl (C=O) groups is 1. The molecule has 2 aliphatic rings. The molecule has 2 saturated carbocycles. The first-order valence-corrected chi connectivity index (χ1v) is 8.86. The van der Waals surface area contributed by atoms with Crippen LogP contribution < -0.4 is 4.72 Å². The first kappa shape index (κ1) is 14.0. The minimum atomic E-state index is -3.67. The normalized spacial score (nSPS) is 32.6. The Hall–Kier alpha value is -0.990. The van der Waals surface area contributed by atoms with E-state index in [0.717, 1.165) is 30.6 Å². The number of hydrogen-bond acceptors (Lipinski definition) is 5. The van der Waals surface area contributed by atoms with E-state index in [9.17, 15) is 18.3 Å². The molecular weight excluding hydrogens is 300 g/mol. The third-order valence-electron chi connectivity index (χ3n) is 4.36. The monoisotopic (exact) mass is 316 g/mol. The molecule has 110 valence electrons. The van der Waals surface area contributed by atoms with Gasteiger partial charge in [-0.3, -0.25) is 4.79 Å². The van der Waals surface area contributed by atoms with Crippen molar-refractivity contribution in [3.8, 4) is 0 Å². The Balaban J connectivity index is 1.85. The molecule has 1 aromatic heterocycles. The van der Waals surface area contributed by atoms with Crippen LogP contribution in [0, 0.1) is 24.7 Å². The molecule has 0 radical (unpaired) electrons. The number of aryl methyl sites for hydroxylation is 1. The maximum Gasteiger partial charge on any atom is 0.308 e. The second-order valence-corrected chi connectivity index (χ2v) is 8.72. The quantitative estimate of drug-likeness (QED) is 0.871. The molecule has 4 atom stereocenters. The Morgan fingerprint density at radius 1 is 1.45 bits per heavy atom. The van der Waals surface area contributed by atoms with Crippen molar-refractivity contribution in [3.63, 3.8) is 0 Å². The number of aliphatic carboxylic acids is 1. The van der Waals surface area contributed by atoms with Crippen LogP contribution in [0.25, 0.3) is 0 Å². The van der Waals surface area contributed by atoms with Crippen molar-refractivity contribution < 1.29 is 18.3 Å². The summed E-state index contributed by atoms with van der Waals surface area (Å²) in [4.78, 5) is 15.3. The van der Waals surface area contributed by atoms with Crippen LogP contribution in [0.3, 0.4) is 0 Å². The number of carboxylic acids is 1. The van der Waals surface area contributed by atoms with E-state index < -0.39 is 28.0 Å². The van der Waals surface area contributed by atoms with E-state index in [4.69, 9.17) is 0 Å². The predicted octanol–water partition coefficient (Wildman–Crippen LogP) is 1.23. The van der Waals surface area contributed by atoms with Gasteiger partial charge in [0, 0.05) is 6.04 Å². The Labute approximate surface area is 121 Å². The first-order chi connectivity index (χ1) is 9.38. The van der Waals surface area contributed by atoms with E-state index in [0.29, 0.717) is 5.01 Å². The minimum Gasteiger partial charge on any atom is -0.481 e. The van der Waals surface area contributed by atoms with E-state index in [-0.39, 0.29) is 16.0 Å². The van der Waals surface area contributed by atoms with Gasteiger partial charge in [-0.15, -0.1) is 11.3 Å². The van der Waals surface area contributed by atoms with Gasteiger partial charge in [-0.25, -0.2) is 18.1 Å². The molecule has 1 heterocycles. The van der Waals surface area contributed by atoms with Gasteiger partial charge in [-0.1, -0.05) is 0 Å². The van der Waals surface area contributed by atoms with E-state index in [1.54, 1.807) is 6.92 Å². The zero-order valence-electron chi connectivity index (χ0n) is 10.9. The van der Waals surface area contributed by atoms with E-state index in [1.807, 2.05) is 0 Å². The summed E-state index contributed by atoms with van der Waals surface area (Å²) >= 11 is 1.10. The molecule has 2 fully saturated rings. The van der Waals surface area contributed by atoms with Gasteiger partial charge in [-0.2, -0.15) is 0 Å². The number of sulfonamides is 1. The molecule has 0 spiro atoms. The van der Waals surface area contributed by atoms with Crippen LogP contribution in [0.4, 0.5) is 0 Å². The Bertz CT molecular complexity index is 640. The van der Waals surface area contributed by atoms with Gasteiger partial charge in [0.15, 0.2) is 4.21 Å². The average molecular weight is 316 g/mol. The zero-order chi connectivity index (χ0) is 14.5. The lowest BCUT2D eigenvalue weighted by atomic mass is 9.85. The van der Waals surface area contributed by atoms with Crippen LogP contribution in [0.2, 0.25) is 0 Å². The Morgan fingerprint density at radius 2 is 2.15 bits per heavy atom. The number of aromatic nitrogens is 1. The second kappa shape index (κ2) is 4.78. The summed E-state index contributed by atoms with van der Waals surface area (Å²) in [7, 11) is -3.67. The van der Waals surface area contributed by atoms with Gasteiger partial charge in [0.1, 0.15) is 0 Å². The van der Waals surface area contributed by atoms with Crippen LogP contribution in [-0.2, 0) is 14.8 Å². The molecule has 2 N–H and O–H groups in total. The van der Waals surface area contributed by atoms with Gasteiger partial charge in [-0.05, 0) is 38.0 Å². The lowest BCUT2D eigenvalue weighted by Crippen LogP contribution is -2.46. The molecule has 6 nitrogen and oxygen atoms in total. The van der Waals surface area contributed by atoms with Crippen molar-refractivity contribution >= 4 is 27.3 Å². The fourth-order valence-electron chi connectivity index (χ4n) is 3.52. The van der Waals surface area contributed by atoms with Gasteiger partial charge in [0.25, 0.3) is 10.0 Å². The number of hydrogen-bond donors (Lipinski definition) is 2. The van der Waals surface area contributed by atoms with Gasteiger partial charge in [0.05, 0.1) is 17.1 Å². The second-order valence-electron chi connectivity index (χ2n) is 5.54. The van der Waals surface area contributed by atoms with Crippen LogP contribution in [0.15, 0.2) is 10.4 Å². The summed E-state index contributed by atoms with van der Waals surface area (Å²) in [6.45, 7) is 1.74. The summed E-state index contributed by atoms with van der Waals surface area (Å²) in [6, 6.07) is -0.487. The third kappa shape index (κ3) is 2.25. The SMILES string of the molecule is Cc1ncc(S(=O)(=O)NC2C3CCC(C3)C2C(=O)O)s1. The van der Waals surface area contributed by atoms with E-state index in [1.165, 1.54) is 6.20 Å². The summed E-state index contributed by atoms with van der Waals surface area (Å²) in [5.41, 5.74) is 0. The van der Waals surface area contributed by atoms with Crippen molar-refractivity contribution in [2.24, 2.45) is 17.8 Å². The molecule has 20 heavy (non-hydrogen) atoms. The zero-order valence-corrected chi connectivity index (χ0v) is 12.6. The fourth-order valence-corrected chi connectivity index (χ4v) is 5.97. The fraction of sp³-hybridized carbons (Fsp3) is 0.667. The molecule has 0 aromatic carbocycles. The highest BCUT2D eigenvalue weighted by Gasteiger charge is 2.52. The molecule has 4 unspecified atom stereocenters. The molecule has 0 aliphatic heterocycles. The first-order valence-electron chi connectivity index (χ1n) is 6.56. The molecule has 0 amide bonds. The van der Waals surface area contributed by atoms with E-state index in [2.05, 4.69) is 9.71 Å². The van der Waals surface area contributed by atoms with Crippen LogP contribution in [0.5, 0.6) is 0 Å². The van der Waals surface area contributed by atoms with Crippen molar-refractivity contribution in [2.45, 2.75) is 36.4 Å². The van der Waals surface area contributed by atoms with Gasteiger partial charge >= 0.3 is 5.97 Å². The molecule has 2 aliphatic carbocycles. The van der Waals surface area contributed by atoms with Crippen molar-refractivity contribution in [1.82, 2.24) is 9.71 Å². The maximum absolute atomic E-state index is 12.3. The average Bonchev–Trinajstić information content (AvgIpc) is 3.02. The molecule has 1 aromatic rings. The molecule has 8 heteroatoms. The standard InChI is InChI=1S/C12H16N2O4S2/c1-6-13-5-9(19-6)20(17,18)14-11-8-3-2-7(4-8)10(11)12(15)16/h5,7-8,10-11,14H,2-4H2,1H3,(H,15,16). The van der Waals surface area contributed by atoms with E-state index >= 15 is 0 Å². The predicted molar refractivity (Wildman–Crippen MR) is 72.9 cm³/mol. The number of nitrogens with one attached hydrogen (secondary N) is 1. The Morgan fingerprint density at radius 3 is 2.75 bits per heavy atom. The summed E-state index contributed by atoms with van der Waals surface area (Å²) in [5.74, 6) is -1.25. The molecule has 3 rings (SSSR count). The van der Waals surface area contributed by atoms with Crippen molar-refractivity contribution in [2.75, 3.05) is 0 Å². The molecule has 2 bridgehead atoms. The summed E-state index contributed by atoms with van der Waals surface area (Å²) < 4.78 is 27.4. The van der Waals surface area contributed by atoms with Crippen LogP contribution in [-0.4, -0.2) is 30.5 Å². The topological polar surface area (TPSA) is 96.4 Å². The van der Waals surface area contributed by atoms with Crippen LogP contribution >= 0.6 is 11.3 Å². The van der Waals surface area contributed by atoms with Crippen molar-refractivity contribution in [3.05, 3.63) is 11.2 Å². The number of fused-ring (bicyclic) bond motifs is 2. The molecular formula is C12H16N2O4S2. The highest BCUT2D eigenvalue weighted by atomic mass is 32.2. The van der Waals surface area contributed by atoms with Gasteiger partial charge in [0.2, 0.25) is 0 Å². The summed E-state index contributed by atoms with van der Waals surface area (Å²) in [6.07, 6.45) is 3.93. The highest BCUT2D eigenvalue weighted by molar-refractivity contribution is 7.91. The number of rotatable bonds is 4. The maximum atomic E-state index is 12.3. The minimum absolute atomic E-state index is 0.105. The number of thiazole rings is 1. The smallest absolute Gasteiger partial charge is 0.308 e. The van der Waals surface area contributed by atoms with Gasteiger partial charge < -0.3 is 5.11 Å². The largest absolute Gasteiger partial charge is 0.481 e. The summed E-state index contributed by atoms with van der Waals surface area (Å²) in [5, 5.41) is 10.0.